The SMILES string of the molecule is CC/C=C(/C[C@@H](O)CC)C(=O)[C@@H](O)CC. The minimum absolute atomic E-state index is 0.244. The average Bonchev–Trinajstić information content (AvgIpc) is 2.26. The van der Waals surface area contributed by atoms with Crippen molar-refractivity contribution in [1.29, 1.82) is 0 Å². The zero-order valence-corrected chi connectivity index (χ0v) is 9.86. The highest BCUT2D eigenvalue weighted by atomic mass is 16.3. The number of carbonyl (C=O) groups is 1. The molecule has 2 atom stereocenters. The molecule has 0 fully saturated rings. The van der Waals surface area contributed by atoms with Crippen LogP contribution in [-0.4, -0.2) is 28.2 Å². The fourth-order valence-corrected chi connectivity index (χ4v) is 1.33. The molecule has 0 aliphatic rings. The van der Waals surface area contributed by atoms with Gasteiger partial charge in [-0.2, -0.15) is 0 Å². The summed E-state index contributed by atoms with van der Waals surface area (Å²) in [5.74, 6) is -0.244. The van der Waals surface area contributed by atoms with Gasteiger partial charge in [0.15, 0.2) is 5.78 Å². The Morgan fingerprint density at radius 3 is 2.20 bits per heavy atom. The fraction of sp³-hybridized carbons (Fsp3) is 0.750. The molecule has 0 bridgehead atoms. The van der Waals surface area contributed by atoms with Crippen LogP contribution in [0.5, 0.6) is 0 Å². The Balaban J connectivity index is 4.53. The molecule has 3 heteroatoms. The lowest BCUT2D eigenvalue weighted by molar-refractivity contribution is -0.123. The fourth-order valence-electron chi connectivity index (χ4n) is 1.33. The summed E-state index contributed by atoms with van der Waals surface area (Å²) < 4.78 is 0. The Bertz CT molecular complexity index is 221. The molecule has 15 heavy (non-hydrogen) atoms. The molecule has 0 heterocycles. The average molecular weight is 214 g/mol. The van der Waals surface area contributed by atoms with Crippen LogP contribution in [0.25, 0.3) is 0 Å². The van der Waals surface area contributed by atoms with Crippen molar-refractivity contribution in [2.24, 2.45) is 0 Å². The lowest BCUT2D eigenvalue weighted by Gasteiger charge is -2.13. The first-order valence-corrected chi connectivity index (χ1v) is 5.66. The van der Waals surface area contributed by atoms with Crippen LogP contribution < -0.4 is 0 Å². The van der Waals surface area contributed by atoms with Crippen molar-refractivity contribution in [2.75, 3.05) is 0 Å². The third-order valence-electron chi connectivity index (χ3n) is 2.38. The van der Waals surface area contributed by atoms with Gasteiger partial charge in [-0.25, -0.2) is 0 Å². The first-order chi connectivity index (χ1) is 7.06. The number of carbonyl (C=O) groups excluding carboxylic acids is 1. The Kier molecular flexibility index (Phi) is 7.26. The molecule has 0 aliphatic heterocycles. The summed E-state index contributed by atoms with van der Waals surface area (Å²) >= 11 is 0. The molecule has 0 rings (SSSR count). The van der Waals surface area contributed by atoms with Gasteiger partial charge in [-0.3, -0.25) is 4.79 Å². The van der Waals surface area contributed by atoms with Crippen molar-refractivity contribution in [2.45, 2.75) is 58.7 Å². The van der Waals surface area contributed by atoms with Crippen LogP contribution >= 0.6 is 0 Å². The second-order valence-corrected chi connectivity index (χ2v) is 3.69. The molecule has 0 saturated carbocycles. The highest BCUT2D eigenvalue weighted by Crippen LogP contribution is 2.13. The van der Waals surface area contributed by atoms with Crippen LogP contribution in [0.1, 0.15) is 46.5 Å². The molecule has 0 aromatic heterocycles. The van der Waals surface area contributed by atoms with Gasteiger partial charge in [-0.1, -0.05) is 26.8 Å². The Labute approximate surface area is 91.8 Å². The summed E-state index contributed by atoms with van der Waals surface area (Å²) in [6.07, 6.45) is 2.51. The van der Waals surface area contributed by atoms with Crippen LogP contribution in [0.3, 0.4) is 0 Å². The normalized spacial score (nSPS) is 16.2. The van der Waals surface area contributed by atoms with Crippen LogP contribution in [0.2, 0.25) is 0 Å². The number of hydrogen-bond acceptors (Lipinski definition) is 3. The maximum atomic E-state index is 11.7. The lowest BCUT2D eigenvalue weighted by atomic mass is 9.97. The van der Waals surface area contributed by atoms with E-state index < -0.39 is 12.2 Å². The maximum absolute atomic E-state index is 11.7. The molecular formula is C12H22O3. The van der Waals surface area contributed by atoms with E-state index in [0.717, 1.165) is 6.42 Å². The van der Waals surface area contributed by atoms with E-state index in [1.807, 2.05) is 13.8 Å². The number of aliphatic hydroxyl groups excluding tert-OH is 2. The largest absolute Gasteiger partial charge is 0.393 e. The molecule has 88 valence electrons. The highest BCUT2D eigenvalue weighted by molar-refractivity contribution is 5.98. The summed E-state index contributed by atoms with van der Waals surface area (Å²) in [7, 11) is 0. The predicted molar refractivity (Wildman–Crippen MR) is 60.6 cm³/mol. The molecule has 0 aromatic carbocycles. The van der Waals surface area contributed by atoms with E-state index in [0.29, 0.717) is 24.8 Å². The van der Waals surface area contributed by atoms with E-state index in [1.54, 1.807) is 13.0 Å². The van der Waals surface area contributed by atoms with Crippen molar-refractivity contribution in [3.63, 3.8) is 0 Å². The van der Waals surface area contributed by atoms with Gasteiger partial charge in [-0.05, 0) is 24.8 Å². The Morgan fingerprint density at radius 1 is 1.20 bits per heavy atom. The zero-order valence-electron chi connectivity index (χ0n) is 9.86. The van der Waals surface area contributed by atoms with Crippen molar-refractivity contribution in [3.8, 4) is 0 Å². The molecule has 0 radical (unpaired) electrons. The van der Waals surface area contributed by atoms with Crippen LogP contribution in [0.4, 0.5) is 0 Å². The minimum atomic E-state index is -0.924. The summed E-state index contributed by atoms with van der Waals surface area (Å²) in [5.41, 5.74) is 0.557. The minimum Gasteiger partial charge on any atom is -0.393 e. The molecule has 0 saturated heterocycles. The van der Waals surface area contributed by atoms with Gasteiger partial charge in [0.2, 0.25) is 0 Å². The number of aliphatic hydroxyl groups is 2. The number of rotatable bonds is 7. The van der Waals surface area contributed by atoms with E-state index in [2.05, 4.69) is 0 Å². The zero-order chi connectivity index (χ0) is 11.8. The van der Waals surface area contributed by atoms with Crippen LogP contribution in [0, 0.1) is 0 Å². The van der Waals surface area contributed by atoms with E-state index in [9.17, 15) is 15.0 Å². The van der Waals surface area contributed by atoms with Gasteiger partial charge < -0.3 is 10.2 Å². The summed E-state index contributed by atoms with van der Waals surface area (Å²) in [6, 6.07) is 0. The van der Waals surface area contributed by atoms with E-state index in [4.69, 9.17) is 0 Å². The Hall–Kier alpha value is -0.670. The smallest absolute Gasteiger partial charge is 0.187 e. The second kappa shape index (κ2) is 7.60. The number of Topliss-reactive ketones (excluding diaryl/α,β-unsaturated/α-hetero) is 1. The molecular weight excluding hydrogens is 192 g/mol. The van der Waals surface area contributed by atoms with Gasteiger partial charge in [0.05, 0.1) is 6.10 Å². The van der Waals surface area contributed by atoms with Crippen molar-refractivity contribution in [1.82, 2.24) is 0 Å². The molecule has 0 aliphatic carbocycles. The maximum Gasteiger partial charge on any atom is 0.187 e. The Morgan fingerprint density at radius 2 is 1.80 bits per heavy atom. The molecule has 0 amide bonds. The van der Waals surface area contributed by atoms with E-state index in [1.165, 1.54) is 0 Å². The van der Waals surface area contributed by atoms with Gasteiger partial charge in [0, 0.05) is 6.42 Å². The first-order valence-electron chi connectivity index (χ1n) is 5.66. The summed E-state index contributed by atoms with van der Waals surface area (Å²) in [5, 5.41) is 18.9. The predicted octanol–water partition coefficient (Wildman–Crippen LogP) is 1.82. The molecule has 0 aromatic rings. The topological polar surface area (TPSA) is 57.5 Å². The third kappa shape index (κ3) is 5.09. The molecule has 3 nitrogen and oxygen atoms in total. The van der Waals surface area contributed by atoms with Gasteiger partial charge in [0.25, 0.3) is 0 Å². The van der Waals surface area contributed by atoms with Gasteiger partial charge in [0.1, 0.15) is 6.10 Å². The molecule has 0 unspecified atom stereocenters. The number of allylic oxidation sites excluding steroid dienone is 1. The summed E-state index contributed by atoms with van der Waals surface area (Å²) in [4.78, 5) is 11.7. The summed E-state index contributed by atoms with van der Waals surface area (Å²) in [6.45, 7) is 5.57. The van der Waals surface area contributed by atoms with E-state index >= 15 is 0 Å². The standard InChI is InChI=1S/C12H22O3/c1-4-7-9(8-10(13)5-2)12(15)11(14)6-3/h7,10-11,13-14H,4-6,8H2,1-3H3/b9-7-/t10-,11-/m0/s1. The van der Waals surface area contributed by atoms with Crippen molar-refractivity contribution < 1.29 is 15.0 Å². The van der Waals surface area contributed by atoms with Crippen molar-refractivity contribution >= 4 is 5.78 Å². The molecule has 0 spiro atoms. The molecule has 2 N–H and O–H groups in total. The van der Waals surface area contributed by atoms with E-state index in [-0.39, 0.29) is 5.78 Å². The quantitative estimate of drug-likeness (QED) is 0.636. The third-order valence-corrected chi connectivity index (χ3v) is 2.38. The second-order valence-electron chi connectivity index (χ2n) is 3.69. The van der Waals surface area contributed by atoms with Gasteiger partial charge >= 0.3 is 0 Å². The van der Waals surface area contributed by atoms with Crippen LogP contribution in [0.15, 0.2) is 11.6 Å². The first kappa shape index (κ1) is 14.3. The lowest BCUT2D eigenvalue weighted by Crippen LogP contribution is -2.23. The van der Waals surface area contributed by atoms with Crippen LogP contribution in [-0.2, 0) is 4.79 Å². The monoisotopic (exact) mass is 214 g/mol. The van der Waals surface area contributed by atoms with Crippen molar-refractivity contribution in [3.05, 3.63) is 11.6 Å². The van der Waals surface area contributed by atoms with Gasteiger partial charge in [-0.15, -0.1) is 0 Å². The number of hydrogen-bond donors (Lipinski definition) is 2. The number of ketones is 1. The highest BCUT2D eigenvalue weighted by Gasteiger charge is 2.19.